The molecule has 0 bridgehead atoms. The molecule has 0 saturated carbocycles. The fraction of sp³-hybridized carbons (Fsp3) is 0.250. The van der Waals surface area contributed by atoms with E-state index in [0.717, 1.165) is 22.2 Å². The quantitative estimate of drug-likeness (QED) is 0.789. The van der Waals surface area contributed by atoms with Gasteiger partial charge in [-0.15, -0.1) is 0 Å². The van der Waals surface area contributed by atoms with Crippen molar-refractivity contribution >= 4 is 33.2 Å². The first kappa shape index (κ1) is 8.97. The maximum absolute atomic E-state index is 5.82. The van der Waals surface area contributed by atoms with Crippen LogP contribution in [0.5, 0.6) is 0 Å². The van der Waals surface area contributed by atoms with Gasteiger partial charge in [0.1, 0.15) is 0 Å². The van der Waals surface area contributed by atoms with Gasteiger partial charge in [0.05, 0.1) is 16.4 Å². The number of hydrogen-bond donors (Lipinski definition) is 0. The second kappa shape index (κ2) is 3.27. The van der Waals surface area contributed by atoms with Crippen molar-refractivity contribution in [2.45, 2.75) is 13.3 Å². The fourth-order valence-corrected chi connectivity index (χ4v) is 1.99. The van der Waals surface area contributed by atoms with Crippen molar-refractivity contribution in [3.05, 3.63) is 27.6 Å². The Kier molecular flexibility index (Phi) is 2.26. The standard InChI is InChI=1S/C8H7BrClN3/c1-2-5-4-11-8-6(9)3-7(10)12-13(5)8/h3-4H,2H2,1H3. The zero-order chi connectivity index (χ0) is 9.42. The topological polar surface area (TPSA) is 30.2 Å². The molecule has 2 aromatic heterocycles. The molecule has 0 radical (unpaired) electrons. The Bertz CT molecular complexity index is 452. The van der Waals surface area contributed by atoms with Crippen LogP contribution in [0.3, 0.4) is 0 Å². The highest BCUT2D eigenvalue weighted by Gasteiger charge is 2.07. The Morgan fingerprint density at radius 3 is 3.08 bits per heavy atom. The number of fused-ring (bicyclic) bond motifs is 1. The first-order valence-corrected chi connectivity index (χ1v) is 5.08. The molecular weight excluding hydrogens is 253 g/mol. The molecule has 0 aliphatic carbocycles. The summed E-state index contributed by atoms with van der Waals surface area (Å²) in [5.74, 6) is 0. The fourth-order valence-electron chi connectivity index (χ4n) is 1.19. The molecule has 0 aliphatic heterocycles. The van der Waals surface area contributed by atoms with E-state index in [2.05, 4.69) is 32.9 Å². The summed E-state index contributed by atoms with van der Waals surface area (Å²) in [5.41, 5.74) is 1.86. The Morgan fingerprint density at radius 1 is 1.62 bits per heavy atom. The van der Waals surface area contributed by atoms with E-state index < -0.39 is 0 Å². The van der Waals surface area contributed by atoms with Crippen molar-refractivity contribution in [2.75, 3.05) is 0 Å². The lowest BCUT2D eigenvalue weighted by Gasteiger charge is -1.99. The molecule has 0 fully saturated rings. The first-order valence-electron chi connectivity index (χ1n) is 3.91. The van der Waals surface area contributed by atoms with E-state index in [1.165, 1.54) is 0 Å². The summed E-state index contributed by atoms with van der Waals surface area (Å²) in [5, 5.41) is 4.62. The van der Waals surface area contributed by atoms with Crippen LogP contribution in [0.1, 0.15) is 12.6 Å². The Hall–Kier alpha value is -0.610. The van der Waals surface area contributed by atoms with Crippen LogP contribution >= 0.6 is 27.5 Å². The van der Waals surface area contributed by atoms with E-state index in [1.807, 2.05) is 6.20 Å². The van der Waals surface area contributed by atoms with E-state index in [9.17, 15) is 0 Å². The molecule has 0 saturated heterocycles. The van der Waals surface area contributed by atoms with Gasteiger partial charge >= 0.3 is 0 Å². The SMILES string of the molecule is CCc1cnc2c(Br)cc(Cl)nn12. The third-order valence-corrected chi connectivity index (χ3v) is 2.59. The minimum atomic E-state index is 0.465. The van der Waals surface area contributed by atoms with Gasteiger partial charge in [-0.05, 0) is 28.4 Å². The molecule has 0 atom stereocenters. The number of aromatic nitrogens is 3. The highest BCUT2D eigenvalue weighted by molar-refractivity contribution is 9.10. The van der Waals surface area contributed by atoms with E-state index >= 15 is 0 Å². The predicted molar refractivity (Wildman–Crippen MR) is 55.1 cm³/mol. The van der Waals surface area contributed by atoms with Gasteiger partial charge < -0.3 is 0 Å². The lowest BCUT2D eigenvalue weighted by Crippen LogP contribution is -1.96. The van der Waals surface area contributed by atoms with E-state index in [1.54, 1.807) is 10.6 Å². The van der Waals surface area contributed by atoms with Crippen molar-refractivity contribution in [3.8, 4) is 0 Å². The summed E-state index contributed by atoms with van der Waals surface area (Å²) in [7, 11) is 0. The molecule has 0 N–H and O–H groups in total. The summed E-state index contributed by atoms with van der Waals surface area (Å²) >= 11 is 9.20. The lowest BCUT2D eigenvalue weighted by molar-refractivity contribution is 0.857. The molecule has 68 valence electrons. The van der Waals surface area contributed by atoms with Gasteiger partial charge in [-0.1, -0.05) is 18.5 Å². The summed E-state index contributed by atoms with van der Waals surface area (Å²) in [6.07, 6.45) is 2.70. The van der Waals surface area contributed by atoms with E-state index in [4.69, 9.17) is 11.6 Å². The second-order valence-electron chi connectivity index (χ2n) is 2.65. The lowest BCUT2D eigenvalue weighted by atomic mass is 10.4. The maximum Gasteiger partial charge on any atom is 0.168 e. The molecule has 2 heterocycles. The number of halogens is 2. The van der Waals surface area contributed by atoms with Crippen LogP contribution in [0.4, 0.5) is 0 Å². The zero-order valence-corrected chi connectivity index (χ0v) is 9.30. The minimum absolute atomic E-state index is 0.465. The van der Waals surface area contributed by atoms with Crippen LogP contribution in [-0.4, -0.2) is 14.6 Å². The Balaban J connectivity index is 2.82. The molecule has 0 aliphatic rings. The van der Waals surface area contributed by atoms with E-state index in [0.29, 0.717) is 5.15 Å². The average molecular weight is 261 g/mol. The molecule has 3 nitrogen and oxygen atoms in total. The third-order valence-electron chi connectivity index (χ3n) is 1.83. The molecule has 5 heteroatoms. The van der Waals surface area contributed by atoms with Gasteiger partial charge in [-0.25, -0.2) is 9.50 Å². The number of hydrogen-bond acceptors (Lipinski definition) is 2. The Morgan fingerprint density at radius 2 is 2.38 bits per heavy atom. The highest BCUT2D eigenvalue weighted by atomic mass is 79.9. The summed E-state index contributed by atoms with van der Waals surface area (Å²) in [4.78, 5) is 4.23. The van der Waals surface area contributed by atoms with Crippen molar-refractivity contribution in [1.29, 1.82) is 0 Å². The van der Waals surface area contributed by atoms with Crippen LogP contribution in [0.2, 0.25) is 5.15 Å². The van der Waals surface area contributed by atoms with E-state index in [-0.39, 0.29) is 0 Å². The van der Waals surface area contributed by atoms with Crippen molar-refractivity contribution in [2.24, 2.45) is 0 Å². The van der Waals surface area contributed by atoms with Crippen molar-refractivity contribution in [3.63, 3.8) is 0 Å². The molecule has 0 unspecified atom stereocenters. The first-order chi connectivity index (χ1) is 6.22. The van der Waals surface area contributed by atoms with Crippen LogP contribution in [0.15, 0.2) is 16.7 Å². The van der Waals surface area contributed by atoms with Gasteiger partial charge in [0.2, 0.25) is 0 Å². The third kappa shape index (κ3) is 1.44. The number of imidazole rings is 1. The molecular formula is C8H7BrClN3. The van der Waals surface area contributed by atoms with Gasteiger partial charge in [-0.2, -0.15) is 5.10 Å². The number of nitrogens with zero attached hydrogens (tertiary/aromatic N) is 3. The molecule has 0 amide bonds. The van der Waals surface area contributed by atoms with Gasteiger partial charge in [0.25, 0.3) is 0 Å². The second-order valence-corrected chi connectivity index (χ2v) is 3.90. The summed E-state index contributed by atoms with van der Waals surface area (Å²) in [6.45, 7) is 2.06. The van der Waals surface area contributed by atoms with Crippen molar-refractivity contribution in [1.82, 2.24) is 14.6 Å². The van der Waals surface area contributed by atoms with Gasteiger partial charge in [-0.3, -0.25) is 0 Å². The predicted octanol–water partition coefficient (Wildman–Crippen LogP) is 2.71. The molecule has 0 spiro atoms. The summed E-state index contributed by atoms with van der Waals surface area (Å²) < 4.78 is 2.62. The van der Waals surface area contributed by atoms with Crippen LogP contribution < -0.4 is 0 Å². The monoisotopic (exact) mass is 259 g/mol. The van der Waals surface area contributed by atoms with Gasteiger partial charge in [0.15, 0.2) is 10.8 Å². The van der Waals surface area contributed by atoms with Gasteiger partial charge in [0, 0.05) is 0 Å². The zero-order valence-electron chi connectivity index (χ0n) is 6.96. The summed E-state index contributed by atoms with van der Waals surface area (Å²) in [6, 6.07) is 1.74. The Labute approximate surface area is 88.9 Å². The molecule has 2 rings (SSSR count). The molecule has 13 heavy (non-hydrogen) atoms. The average Bonchev–Trinajstić information content (AvgIpc) is 2.47. The van der Waals surface area contributed by atoms with Crippen molar-refractivity contribution < 1.29 is 0 Å². The minimum Gasteiger partial charge on any atom is -0.234 e. The molecule has 2 aromatic rings. The molecule has 0 aromatic carbocycles. The number of aryl methyl sites for hydroxylation is 1. The van der Waals surface area contributed by atoms with Crippen LogP contribution in [0.25, 0.3) is 5.65 Å². The normalized spacial score (nSPS) is 11.0. The maximum atomic E-state index is 5.82. The number of rotatable bonds is 1. The van der Waals surface area contributed by atoms with Crippen LogP contribution in [-0.2, 0) is 6.42 Å². The smallest absolute Gasteiger partial charge is 0.168 e. The largest absolute Gasteiger partial charge is 0.234 e. The highest BCUT2D eigenvalue weighted by Crippen LogP contribution is 2.20. The van der Waals surface area contributed by atoms with Crippen LogP contribution in [0, 0.1) is 0 Å².